The predicted octanol–water partition coefficient (Wildman–Crippen LogP) is 3.14. The number of benzene rings is 1. The third-order valence-electron chi connectivity index (χ3n) is 2.57. The van der Waals surface area contributed by atoms with Crippen molar-refractivity contribution < 1.29 is 10.2 Å². The minimum atomic E-state index is -0.854. The summed E-state index contributed by atoms with van der Waals surface area (Å²) in [6.45, 7) is 3.78. The molecule has 90 valence electrons. The fourth-order valence-electron chi connectivity index (χ4n) is 1.64. The van der Waals surface area contributed by atoms with E-state index in [9.17, 15) is 10.2 Å². The molecular formula is C12H16BrClO2. The van der Waals surface area contributed by atoms with Crippen molar-refractivity contribution in [2.24, 2.45) is 0 Å². The van der Waals surface area contributed by atoms with Gasteiger partial charge in [0.25, 0.3) is 0 Å². The zero-order valence-corrected chi connectivity index (χ0v) is 11.7. The number of halogens is 2. The lowest BCUT2D eigenvalue weighted by Crippen LogP contribution is -2.18. The molecule has 2 unspecified atom stereocenters. The summed E-state index contributed by atoms with van der Waals surface area (Å²) in [6, 6.07) is 3.63. The Bertz CT molecular complexity index is 345. The van der Waals surface area contributed by atoms with Crippen molar-refractivity contribution in [2.75, 3.05) is 5.33 Å². The highest BCUT2D eigenvalue weighted by atomic mass is 79.9. The molecule has 0 heterocycles. The predicted molar refractivity (Wildman–Crippen MR) is 70.3 cm³/mol. The van der Waals surface area contributed by atoms with Crippen LogP contribution in [-0.4, -0.2) is 21.6 Å². The molecule has 0 bridgehead atoms. The van der Waals surface area contributed by atoms with Gasteiger partial charge in [-0.05, 0) is 37.0 Å². The van der Waals surface area contributed by atoms with Gasteiger partial charge in [0.15, 0.2) is 0 Å². The third kappa shape index (κ3) is 3.20. The number of hydrogen-bond donors (Lipinski definition) is 2. The average molecular weight is 308 g/mol. The zero-order chi connectivity index (χ0) is 12.3. The molecule has 2 N–H and O–H groups in total. The van der Waals surface area contributed by atoms with Crippen LogP contribution < -0.4 is 0 Å². The van der Waals surface area contributed by atoms with Gasteiger partial charge in [0.1, 0.15) is 6.10 Å². The maximum absolute atomic E-state index is 9.95. The van der Waals surface area contributed by atoms with Gasteiger partial charge in [0.05, 0.1) is 6.10 Å². The molecule has 2 atom stereocenters. The van der Waals surface area contributed by atoms with Crippen LogP contribution >= 0.6 is 27.5 Å². The second-order valence-electron chi connectivity index (χ2n) is 3.96. The van der Waals surface area contributed by atoms with Crippen molar-refractivity contribution >= 4 is 27.5 Å². The van der Waals surface area contributed by atoms with Crippen LogP contribution in [0.5, 0.6) is 0 Å². The van der Waals surface area contributed by atoms with Crippen molar-refractivity contribution in [1.29, 1.82) is 0 Å². The first-order chi connectivity index (χ1) is 7.47. The molecule has 16 heavy (non-hydrogen) atoms. The number of aliphatic hydroxyl groups excluding tert-OH is 2. The number of aryl methyl sites for hydroxylation is 2. The summed E-state index contributed by atoms with van der Waals surface area (Å²) in [5, 5.41) is 21.0. The van der Waals surface area contributed by atoms with E-state index in [0.717, 1.165) is 11.1 Å². The highest BCUT2D eigenvalue weighted by molar-refractivity contribution is 9.09. The normalized spacial score (nSPS) is 14.9. The average Bonchev–Trinajstić information content (AvgIpc) is 2.24. The minimum absolute atomic E-state index is 0.516. The summed E-state index contributed by atoms with van der Waals surface area (Å²) < 4.78 is 0. The van der Waals surface area contributed by atoms with Crippen LogP contribution in [0.1, 0.15) is 29.2 Å². The first kappa shape index (κ1) is 14.0. The first-order valence-electron chi connectivity index (χ1n) is 5.16. The molecule has 1 rings (SSSR count). The van der Waals surface area contributed by atoms with Crippen molar-refractivity contribution in [3.8, 4) is 0 Å². The Balaban J connectivity index is 2.96. The summed E-state index contributed by atoms with van der Waals surface area (Å²) in [6.07, 6.45) is -1.09. The Hall–Kier alpha value is -0.0900. The van der Waals surface area contributed by atoms with Gasteiger partial charge >= 0.3 is 0 Å². The summed E-state index contributed by atoms with van der Waals surface area (Å²) in [4.78, 5) is 0. The van der Waals surface area contributed by atoms with E-state index in [4.69, 9.17) is 11.6 Å². The molecule has 1 aromatic carbocycles. The maximum Gasteiger partial charge on any atom is 0.105 e. The quantitative estimate of drug-likeness (QED) is 0.839. The van der Waals surface area contributed by atoms with E-state index in [2.05, 4.69) is 15.9 Å². The molecule has 0 fully saturated rings. The van der Waals surface area contributed by atoms with Crippen LogP contribution in [0, 0.1) is 13.8 Å². The van der Waals surface area contributed by atoms with Gasteiger partial charge in [-0.15, -0.1) is 0 Å². The molecular weight excluding hydrogens is 291 g/mol. The van der Waals surface area contributed by atoms with Gasteiger partial charge in [0.2, 0.25) is 0 Å². The zero-order valence-electron chi connectivity index (χ0n) is 9.37. The van der Waals surface area contributed by atoms with Gasteiger partial charge in [0, 0.05) is 10.4 Å². The van der Waals surface area contributed by atoms with Gasteiger partial charge in [-0.2, -0.15) is 0 Å². The van der Waals surface area contributed by atoms with Crippen molar-refractivity contribution in [2.45, 2.75) is 32.5 Å². The largest absolute Gasteiger partial charge is 0.390 e. The molecule has 0 saturated carbocycles. The maximum atomic E-state index is 9.95. The molecule has 0 aliphatic carbocycles. The molecule has 2 nitrogen and oxygen atoms in total. The van der Waals surface area contributed by atoms with E-state index in [1.54, 1.807) is 0 Å². The number of hydrogen-bond acceptors (Lipinski definition) is 2. The highest BCUT2D eigenvalue weighted by Crippen LogP contribution is 2.27. The molecule has 0 spiro atoms. The third-order valence-corrected chi connectivity index (χ3v) is 3.62. The lowest BCUT2D eigenvalue weighted by atomic mass is 9.98. The molecule has 0 amide bonds. The highest BCUT2D eigenvalue weighted by Gasteiger charge is 2.18. The van der Waals surface area contributed by atoms with Gasteiger partial charge in [-0.3, -0.25) is 0 Å². The van der Waals surface area contributed by atoms with Crippen LogP contribution in [0.25, 0.3) is 0 Å². The Morgan fingerprint density at radius 1 is 1.25 bits per heavy atom. The molecule has 0 aromatic heterocycles. The fourth-order valence-corrected chi connectivity index (χ4v) is 2.22. The minimum Gasteiger partial charge on any atom is -0.390 e. The van der Waals surface area contributed by atoms with Crippen LogP contribution in [0.2, 0.25) is 5.02 Å². The molecule has 0 aliphatic rings. The van der Waals surface area contributed by atoms with Crippen LogP contribution in [-0.2, 0) is 0 Å². The van der Waals surface area contributed by atoms with Gasteiger partial charge < -0.3 is 10.2 Å². The van der Waals surface area contributed by atoms with Crippen molar-refractivity contribution in [1.82, 2.24) is 0 Å². The second-order valence-corrected chi connectivity index (χ2v) is 5.13. The van der Waals surface area contributed by atoms with E-state index >= 15 is 0 Å². The SMILES string of the molecule is Cc1cc(C(O)C(O)CCBr)cc(C)c1Cl. The number of aliphatic hydroxyl groups is 2. The Labute approximate surface area is 109 Å². The van der Waals surface area contributed by atoms with Gasteiger partial charge in [-0.1, -0.05) is 39.7 Å². The molecule has 1 aromatic rings. The fraction of sp³-hybridized carbons (Fsp3) is 0.500. The molecule has 0 saturated heterocycles. The van der Waals surface area contributed by atoms with Crippen LogP contribution in [0.4, 0.5) is 0 Å². The van der Waals surface area contributed by atoms with E-state index < -0.39 is 12.2 Å². The van der Waals surface area contributed by atoms with Crippen LogP contribution in [0.3, 0.4) is 0 Å². The monoisotopic (exact) mass is 306 g/mol. The lowest BCUT2D eigenvalue weighted by Gasteiger charge is -2.18. The Kier molecular flexibility index (Phi) is 5.25. The smallest absolute Gasteiger partial charge is 0.105 e. The second kappa shape index (κ2) is 6.01. The van der Waals surface area contributed by atoms with E-state index in [1.807, 2.05) is 26.0 Å². The molecule has 0 radical (unpaired) electrons. The van der Waals surface area contributed by atoms with E-state index in [1.165, 1.54) is 0 Å². The van der Waals surface area contributed by atoms with E-state index in [-0.39, 0.29) is 0 Å². The summed E-state index contributed by atoms with van der Waals surface area (Å²) in [7, 11) is 0. The first-order valence-corrected chi connectivity index (χ1v) is 6.66. The number of rotatable bonds is 4. The topological polar surface area (TPSA) is 40.5 Å². The standard InChI is InChI=1S/C12H16BrClO2/c1-7-5-9(6-8(2)11(7)14)12(16)10(15)3-4-13/h5-6,10,12,15-16H,3-4H2,1-2H3. The van der Waals surface area contributed by atoms with Crippen molar-refractivity contribution in [3.05, 3.63) is 33.8 Å². The summed E-state index contributed by atoms with van der Waals surface area (Å²) in [5.74, 6) is 0. The Morgan fingerprint density at radius 2 is 1.75 bits per heavy atom. The van der Waals surface area contributed by atoms with Gasteiger partial charge in [-0.25, -0.2) is 0 Å². The molecule has 4 heteroatoms. The lowest BCUT2D eigenvalue weighted by molar-refractivity contribution is 0.0173. The molecule has 0 aliphatic heterocycles. The number of alkyl halides is 1. The van der Waals surface area contributed by atoms with E-state index in [0.29, 0.717) is 22.3 Å². The Morgan fingerprint density at radius 3 is 2.19 bits per heavy atom. The summed E-state index contributed by atoms with van der Waals surface area (Å²) in [5.41, 5.74) is 2.55. The van der Waals surface area contributed by atoms with Crippen LogP contribution in [0.15, 0.2) is 12.1 Å². The summed E-state index contributed by atoms with van der Waals surface area (Å²) >= 11 is 9.28. The van der Waals surface area contributed by atoms with Crippen molar-refractivity contribution in [3.63, 3.8) is 0 Å².